The lowest BCUT2D eigenvalue weighted by Crippen LogP contribution is -2.00. The van der Waals surface area contributed by atoms with E-state index in [9.17, 15) is 0 Å². The molecule has 0 saturated carbocycles. The maximum Gasteiger partial charge on any atom is 0.165 e. The molecule has 0 unspecified atom stereocenters. The lowest BCUT2D eigenvalue weighted by molar-refractivity contribution is 1.08. The van der Waals surface area contributed by atoms with Gasteiger partial charge < -0.3 is 0 Å². The van der Waals surface area contributed by atoms with Gasteiger partial charge in [0.1, 0.15) is 7.85 Å². The van der Waals surface area contributed by atoms with Crippen LogP contribution in [-0.2, 0) is 0 Å². The predicted octanol–water partition coefficient (Wildman–Crippen LogP) is 5.50. The van der Waals surface area contributed by atoms with E-state index in [0.717, 1.165) is 16.7 Å². The van der Waals surface area contributed by atoms with Crippen molar-refractivity contribution >= 4 is 44.8 Å². The Hall–Kier alpha value is -3.83. The van der Waals surface area contributed by atoms with Crippen LogP contribution in [0.4, 0.5) is 0 Å². The summed E-state index contributed by atoms with van der Waals surface area (Å²) in [5.41, 5.74) is 4.29. The van der Waals surface area contributed by atoms with Crippen molar-refractivity contribution in [2.45, 2.75) is 0 Å². The molecule has 0 aliphatic rings. The van der Waals surface area contributed by atoms with Gasteiger partial charge in [-0.25, -0.2) is 15.0 Å². The maximum absolute atomic E-state index is 4.93. The second kappa shape index (κ2) is 7.70. The molecule has 0 fully saturated rings. The van der Waals surface area contributed by atoms with Crippen LogP contribution in [0.2, 0.25) is 0 Å². The number of hydrogen-bond donors (Lipinski definition) is 0. The van der Waals surface area contributed by atoms with E-state index in [1.54, 1.807) is 0 Å². The summed E-state index contributed by atoms with van der Waals surface area (Å²) in [4.78, 5) is 14.7. The molecule has 3 nitrogen and oxygen atoms in total. The zero-order valence-electron chi connectivity index (χ0n) is 17.5. The van der Waals surface area contributed by atoms with Gasteiger partial charge in [0.25, 0.3) is 0 Å². The van der Waals surface area contributed by atoms with Crippen molar-refractivity contribution in [2.24, 2.45) is 0 Å². The van der Waals surface area contributed by atoms with E-state index in [1.807, 2.05) is 72.0 Å². The Morgan fingerprint density at radius 3 is 1.66 bits per heavy atom. The summed E-state index contributed by atoms with van der Waals surface area (Å²) >= 11 is 1.81. The first-order chi connectivity index (χ1) is 15.8. The van der Waals surface area contributed by atoms with Gasteiger partial charge in [-0.3, -0.25) is 0 Å². The fourth-order valence-corrected chi connectivity index (χ4v) is 5.34. The minimum atomic E-state index is 0.684. The molecular weight excluding hydrogens is 409 g/mol. The molecule has 6 aromatic rings. The van der Waals surface area contributed by atoms with Crippen molar-refractivity contribution < 1.29 is 0 Å². The summed E-state index contributed by atoms with van der Waals surface area (Å²) in [7, 11) is 2.17. The minimum Gasteiger partial charge on any atom is -0.208 e. The Morgan fingerprint density at radius 2 is 1.03 bits per heavy atom. The Kier molecular flexibility index (Phi) is 4.55. The average molecular weight is 427 g/mol. The highest BCUT2D eigenvalue weighted by Gasteiger charge is 2.16. The number of hydrogen-bond acceptors (Lipinski definition) is 4. The summed E-state index contributed by atoms with van der Waals surface area (Å²) < 4.78 is 2.52. The van der Waals surface area contributed by atoms with Crippen LogP contribution in [-0.4, -0.2) is 22.8 Å². The molecule has 0 atom stereocenters. The summed E-state index contributed by atoms with van der Waals surface area (Å²) in [6, 6.07) is 33.1. The summed E-state index contributed by atoms with van der Waals surface area (Å²) in [6.45, 7) is 0. The van der Waals surface area contributed by atoms with Gasteiger partial charge in [0.2, 0.25) is 0 Å². The highest BCUT2D eigenvalue weighted by molar-refractivity contribution is 7.27. The average Bonchev–Trinajstić information content (AvgIpc) is 3.25. The van der Waals surface area contributed by atoms with E-state index in [2.05, 4.69) is 44.2 Å². The second-order valence-electron chi connectivity index (χ2n) is 7.77. The van der Waals surface area contributed by atoms with E-state index < -0.39 is 0 Å². The van der Waals surface area contributed by atoms with Crippen LogP contribution in [0.5, 0.6) is 0 Å². The topological polar surface area (TPSA) is 38.7 Å². The highest BCUT2D eigenvalue weighted by Crippen LogP contribution is 2.38. The van der Waals surface area contributed by atoms with Crippen molar-refractivity contribution in [3.05, 3.63) is 97.1 Å². The quantitative estimate of drug-likeness (QED) is 0.350. The van der Waals surface area contributed by atoms with E-state index in [1.165, 1.54) is 25.6 Å². The van der Waals surface area contributed by atoms with Gasteiger partial charge in [-0.2, -0.15) is 0 Å². The SMILES string of the molecule is Bc1cccc2c1sc1c(-c3nc(-c4ccccc4)nc(-c4ccccc4)n3)cccc12. The van der Waals surface area contributed by atoms with Crippen LogP contribution < -0.4 is 5.46 Å². The fourth-order valence-electron chi connectivity index (χ4n) is 4.07. The Morgan fingerprint density at radius 1 is 0.500 bits per heavy atom. The van der Waals surface area contributed by atoms with E-state index in [-0.39, 0.29) is 0 Å². The monoisotopic (exact) mass is 427 g/mol. The molecule has 0 saturated heterocycles. The smallest absolute Gasteiger partial charge is 0.165 e. The molecule has 0 aliphatic carbocycles. The van der Waals surface area contributed by atoms with Crippen LogP contribution in [0.1, 0.15) is 0 Å². The van der Waals surface area contributed by atoms with Gasteiger partial charge in [-0.1, -0.05) is 96.5 Å². The second-order valence-corrected chi connectivity index (χ2v) is 8.79. The molecule has 2 heterocycles. The van der Waals surface area contributed by atoms with Gasteiger partial charge in [0, 0.05) is 31.5 Å². The zero-order chi connectivity index (χ0) is 21.5. The number of thiophene rings is 1. The largest absolute Gasteiger partial charge is 0.208 e. The molecule has 0 radical (unpaired) electrons. The molecule has 0 bridgehead atoms. The summed E-state index contributed by atoms with van der Waals surface area (Å²) in [5, 5.41) is 2.53. The van der Waals surface area contributed by atoms with E-state index in [0.29, 0.717) is 17.5 Å². The van der Waals surface area contributed by atoms with Crippen LogP contribution in [0.15, 0.2) is 97.1 Å². The molecule has 0 N–H and O–H groups in total. The van der Waals surface area contributed by atoms with Crippen LogP contribution in [0, 0.1) is 0 Å². The molecule has 0 aliphatic heterocycles. The molecule has 5 heteroatoms. The summed E-state index contributed by atoms with van der Waals surface area (Å²) in [6.07, 6.45) is 0. The van der Waals surface area contributed by atoms with Crippen molar-refractivity contribution in [1.82, 2.24) is 15.0 Å². The van der Waals surface area contributed by atoms with Gasteiger partial charge in [0.15, 0.2) is 17.5 Å². The Bertz CT molecular complexity index is 1520. The van der Waals surface area contributed by atoms with Gasteiger partial charge in [0.05, 0.1) is 0 Å². The molecule has 2 aromatic heterocycles. The number of aromatic nitrogens is 3. The standard InChI is InChI=1S/C27H18BN3S/c28-22-16-8-14-20-19-13-7-15-21(23(19)32-24(20)22)27-30-25(17-9-3-1-4-10-17)29-26(31-27)18-11-5-2-6-12-18/h1-16H,28H2. The first-order valence-electron chi connectivity index (χ1n) is 10.6. The molecular formula is C27H18BN3S. The summed E-state index contributed by atoms with van der Waals surface area (Å²) in [5.74, 6) is 2.07. The van der Waals surface area contributed by atoms with Crippen molar-refractivity contribution in [3.8, 4) is 34.2 Å². The van der Waals surface area contributed by atoms with E-state index in [4.69, 9.17) is 15.0 Å². The molecule has 150 valence electrons. The van der Waals surface area contributed by atoms with Gasteiger partial charge >= 0.3 is 0 Å². The van der Waals surface area contributed by atoms with Crippen LogP contribution >= 0.6 is 11.3 Å². The minimum absolute atomic E-state index is 0.684. The fraction of sp³-hybridized carbons (Fsp3) is 0. The molecule has 4 aromatic carbocycles. The van der Waals surface area contributed by atoms with Crippen LogP contribution in [0.25, 0.3) is 54.3 Å². The molecule has 32 heavy (non-hydrogen) atoms. The van der Waals surface area contributed by atoms with Crippen molar-refractivity contribution in [1.29, 1.82) is 0 Å². The maximum atomic E-state index is 4.93. The molecule has 0 spiro atoms. The van der Waals surface area contributed by atoms with Gasteiger partial charge in [-0.05, 0) is 11.5 Å². The lowest BCUT2D eigenvalue weighted by Gasteiger charge is -2.09. The van der Waals surface area contributed by atoms with E-state index >= 15 is 0 Å². The number of benzene rings is 4. The predicted molar refractivity (Wildman–Crippen MR) is 137 cm³/mol. The Balaban J connectivity index is 1.64. The third-order valence-corrected chi connectivity index (χ3v) is 7.05. The highest BCUT2D eigenvalue weighted by atomic mass is 32.1. The zero-order valence-corrected chi connectivity index (χ0v) is 18.3. The number of rotatable bonds is 3. The molecule has 0 amide bonds. The number of nitrogens with zero attached hydrogens (tertiary/aromatic N) is 3. The first-order valence-corrected chi connectivity index (χ1v) is 11.4. The third kappa shape index (κ3) is 3.18. The third-order valence-electron chi connectivity index (χ3n) is 5.66. The Labute approximate surface area is 190 Å². The molecule has 6 rings (SSSR count). The van der Waals surface area contributed by atoms with Crippen molar-refractivity contribution in [2.75, 3.05) is 0 Å². The first kappa shape index (κ1) is 18.9. The van der Waals surface area contributed by atoms with Gasteiger partial charge in [-0.15, -0.1) is 11.3 Å². The number of fused-ring (bicyclic) bond motifs is 3. The lowest BCUT2D eigenvalue weighted by atomic mass is 9.94. The normalized spacial score (nSPS) is 11.2. The van der Waals surface area contributed by atoms with Crippen molar-refractivity contribution in [3.63, 3.8) is 0 Å². The van der Waals surface area contributed by atoms with Crippen LogP contribution in [0.3, 0.4) is 0 Å².